The van der Waals surface area contributed by atoms with Crippen molar-refractivity contribution in [1.82, 2.24) is 15.5 Å². The molecule has 2 aromatic rings. The molecule has 0 radical (unpaired) electrons. The van der Waals surface area contributed by atoms with Crippen molar-refractivity contribution in [2.45, 2.75) is 25.9 Å². The van der Waals surface area contributed by atoms with E-state index in [9.17, 15) is 9.18 Å². The Kier molecular flexibility index (Phi) is 6.47. The molecule has 1 aromatic heterocycles. The van der Waals surface area contributed by atoms with E-state index in [1.54, 1.807) is 12.1 Å². The van der Waals surface area contributed by atoms with Gasteiger partial charge in [0.05, 0.1) is 25.3 Å². The molecule has 6 nitrogen and oxygen atoms in total. The second-order valence-corrected chi connectivity index (χ2v) is 6.74. The zero-order chi connectivity index (χ0) is 19.2. The van der Waals surface area contributed by atoms with Gasteiger partial charge in [0.1, 0.15) is 17.3 Å². The summed E-state index contributed by atoms with van der Waals surface area (Å²) in [5.74, 6) is 1.25. The Bertz CT molecular complexity index is 741. The zero-order valence-electron chi connectivity index (χ0n) is 15.7. The molecular weight excluding hydrogens is 349 g/mol. The molecule has 2 atom stereocenters. The van der Waals surface area contributed by atoms with Crippen LogP contribution in [0.15, 0.2) is 40.8 Å². The Balaban J connectivity index is 1.61. The number of halogens is 1. The molecule has 2 unspecified atom stereocenters. The third-order valence-electron chi connectivity index (χ3n) is 4.73. The molecule has 0 aliphatic carbocycles. The van der Waals surface area contributed by atoms with Crippen LogP contribution in [0.2, 0.25) is 0 Å². The van der Waals surface area contributed by atoms with Crippen LogP contribution in [0.3, 0.4) is 0 Å². The van der Waals surface area contributed by atoms with E-state index in [1.807, 2.05) is 26.0 Å². The second kappa shape index (κ2) is 9.01. The number of aryl methyl sites for hydroxylation is 1. The molecule has 27 heavy (non-hydrogen) atoms. The average molecular weight is 375 g/mol. The van der Waals surface area contributed by atoms with Gasteiger partial charge in [0.2, 0.25) is 0 Å². The van der Waals surface area contributed by atoms with Crippen molar-refractivity contribution >= 4 is 6.03 Å². The summed E-state index contributed by atoms with van der Waals surface area (Å²) >= 11 is 0. The number of amides is 2. The highest BCUT2D eigenvalue weighted by molar-refractivity contribution is 5.74. The van der Waals surface area contributed by atoms with Crippen molar-refractivity contribution < 1.29 is 18.3 Å². The van der Waals surface area contributed by atoms with Gasteiger partial charge in [-0.05, 0) is 43.7 Å². The molecule has 2 heterocycles. The molecule has 7 heteroatoms. The van der Waals surface area contributed by atoms with Crippen LogP contribution in [0.4, 0.5) is 9.18 Å². The number of rotatable bonds is 6. The van der Waals surface area contributed by atoms with Gasteiger partial charge >= 0.3 is 6.03 Å². The number of nitrogens with one attached hydrogen (secondary N) is 2. The molecule has 1 aromatic carbocycles. The topological polar surface area (TPSA) is 66.7 Å². The Morgan fingerprint density at radius 2 is 1.89 bits per heavy atom. The van der Waals surface area contributed by atoms with E-state index < -0.39 is 0 Å². The summed E-state index contributed by atoms with van der Waals surface area (Å²) in [6.07, 6.45) is 0. The number of nitrogens with zero attached hydrogens (tertiary/aromatic N) is 1. The summed E-state index contributed by atoms with van der Waals surface area (Å²) in [6, 6.07) is 9.62. The highest BCUT2D eigenvalue weighted by Crippen LogP contribution is 2.22. The Morgan fingerprint density at radius 1 is 1.19 bits per heavy atom. The van der Waals surface area contributed by atoms with E-state index in [2.05, 4.69) is 15.5 Å². The number of carbonyl (C=O) groups is 1. The fourth-order valence-electron chi connectivity index (χ4n) is 3.23. The van der Waals surface area contributed by atoms with Gasteiger partial charge < -0.3 is 19.8 Å². The minimum Gasteiger partial charge on any atom is -0.464 e. The third-order valence-corrected chi connectivity index (χ3v) is 4.73. The average Bonchev–Trinajstić information content (AvgIpc) is 3.11. The van der Waals surface area contributed by atoms with Crippen molar-refractivity contribution in [2.75, 3.05) is 32.8 Å². The molecule has 0 bridgehead atoms. The standard InChI is InChI=1S/C20H26FN3O3/c1-14-3-8-19(27-14)15(2)23-20(25)22-13-18(24-9-11-26-12-10-24)16-4-6-17(21)7-5-16/h3-8,15,18H,9-13H2,1-2H3,(H2,22,23,25). The molecule has 1 aliphatic rings. The maximum absolute atomic E-state index is 13.3. The van der Waals surface area contributed by atoms with E-state index in [0.717, 1.165) is 24.4 Å². The lowest BCUT2D eigenvalue weighted by molar-refractivity contribution is 0.0167. The molecule has 1 aliphatic heterocycles. The van der Waals surface area contributed by atoms with Crippen molar-refractivity contribution in [3.63, 3.8) is 0 Å². The molecule has 0 saturated carbocycles. The Labute approximate surface area is 158 Å². The number of hydrogen-bond donors (Lipinski definition) is 2. The van der Waals surface area contributed by atoms with Crippen LogP contribution in [0, 0.1) is 12.7 Å². The summed E-state index contributed by atoms with van der Waals surface area (Å²) < 4.78 is 24.3. The van der Waals surface area contributed by atoms with Crippen molar-refractivity contribution in [3.8, 4) is 0 Å². The van der Waals surface area contributed by atoms with Crippen LogP contribution < -0.4 is 10.6 Å². The number of benzene rings is 1. The van der Waals surface area contributed by atoms with Crippen molar-refractivity contribution in [1.29, 1.82) is 0 Å². The van der Waals surface area contributed by atoms with Gasteiger partial charge in [0.15, 0.2) is 0 Å². The monoisotopic (exact) mass is 375 g/mol. The summed E-state index contributed by atoms with van der Waals surface area (Å²) in [4.78, 5) is 14.6. The van der Waals surface area contributed by atoms with Crippen molar-refractivity contribution in [2.24, 2.45) is 0 Å². The predicted molar refractivity (Wildman–Crippen MR) is 99.9 cm³/mol. The Hall–Kier alpha value is -2.38. The van der Waals surface area contributed by atoms with Gasteiger partial charge in [0, 0.05) is 19.6 Å². The van der Waals surface area contributed by atoms with E-state index in [0.29, 0.717) is 25.5 Å². The van der Waals surface area contributed by atoms with Gasteiger partial charge in [-0.25, -0.2) is 9.18 Å². The SMILES string of the molecule is Cc1ccc(C(C)NC(=O)NCC(c2ccc(F)cc2)N2CCOCC2)o1. The molecule has 0 spiro atoms. The lowest BCUT2D eigenvalue weighted by atomic mass is 10.0. The highest BCUT2D eigenvalue weighted by atomic mass is 19.1. The largest absolute Gasteiger partial charge is 0.464 e. The van der Waals surface area contributed by atoms with Crippen LogP contribution in [-0.4, -0.2) is 43.8 Å². The van der Waals surface area contributed by atoms with Gasteiger partial charge in [-0.15, -0.1) is 0 Å². The highest BCUT2D eigenvalue weighted by Gasteiger charge is 2.23. The minimum atomic E-state index is -0.271. The maximum atomic E-state index is 13.3. The number of urea groups is 1. The molecule has 146 valence electrons. The lowest BCUT2D eigenvalue weighted by Crippen LogP contribution is -2.46. The third kappa shape index (κ3) is 5.30. The minimum absolute atomic E-state index is 0.0404. The summed E-state index contributed by atoms with van der Waals surface area (Å²) in [7, 11) is 0. The second-order valence-electron chi connectivity index (χ2n) is 6.74. The fraction of sp³-hybridized carbons (Fsp3) is 0.450. The van der Waals surface area contributed by atoms with Crippen LogP contribution in [0.5, 0.6) is 0 Å². The predicted octanol–water partition coefficient (Wildman–Crippen LogP) is 3.16. The normalized spacial score (nSPS) is 17.3. The molecule has 2 N–H and O–H groups in total. The number of carbonyl (C=O) groups excluding carboxylic acids is 1. The number of ether oxygens (including phenoxy) is 1. The quantitative estimate of drug-likeness (QED) is 0.814. The first-order valence-electron chi connectivity index (χ1n) is 9.21. The first-order valence-corrected chi connectivity index (χ1v) is 9.21. The molecule has 1 fully saturated rings. The zero-order valence-corrected chi connectivity index (χ0v) is 15.7. The fourth-order valence-corrected chi connectivity index (χ4v) is 3.23. The van der Waals surface area contributed by atoms with Crippen LogP contribution in [0.25, 0.3) is 0 Å². The van der Waals surface area contributed by atoms with Gasteiger partial charge in [-0.1, -0.05) is 12.1 Å². The number of furan rings is 1. The first kappa shape index (κ1) is 19.4. The van der Waals surface area contributed by atoms with E-state index in [-0.39, 0.29) is 23.9 Å². The summed E-state index contributed by atoms with van der Waals surface area (Å²) in [5.41, 5.74) is 0.966. The lowest BCUT2D eigenvalue weighted by Gasteiger charge is -2.35. The number of hydrogen-bond acceptors (Lipinski definition) is 4. The van der Waals surface area contributed by atoms with E-state index >= 15 is 0 Å². The molecular formula is C20H26FN3O3. The summed E-state index contributed by atoms with van der Waals surface area (Å²) in [6.45, 7) is 7.00. The first-order chi connectivity index (χ1) is 13.0. The number of morpholine rings is 1. The molecule has 1 saturated heterocycles. The van der Waals surface area contributed by atoms with Gasteiger partial charge in [-0.3, -0.25) is 4.90 Å². The van der Waals surface area contributed by atoms with Crippen LogP contribution in [0.1, 0.15) is 36.1 Å². The van der Waals surface area contributed by atoms with Gasteiger partial charge in [-0.2, -0.15) is 0 Å². The van der Waals surface area contributed by atoms with E-state index in [4.69, 9.17) is 9.15 Å². The smallest absolute Gasteiger partial charge is 0.315 e. The molecule has 3 rings (SSSR count). The maximum Gasteiger partial charge on any atom is 0.315 e. The molecule has 2 amide bonds. The van der Waals surface area contributed by atoms with Crippen LogP contribution >= 0.6 is 0 Å². The van der Waals surface area contributed by atoms with Gasteiger partial charge in [0.25, 0.3) is 0 Å². The van der Waals surface area contributed by atoms with E-state index in [1.165, 1.54) is 12.1 Å². The van der Waals surface area contributed by atoms with Crippen molar-refractivity contribution in [3.05, 3.63) is 59.3 Å². The Morgan fingerprint density at radius 3 is 2.52 bits per heavy atom. The summed E-state index contributed by atoms with van der Waals surface area (Å²) in [5, 5.41) is 5.81. The van der Waals surface area contributed by atoms with Crippen LogP contribution in [-0.2, 0) is 4.74 Å².